The molecule has 138 valence electrons. The SMILES string of the molecule is O=C(COC(=O)c1ccc(-c2ccc([N+](=O)[O-])cc2)o1)NCc1ccco1. The number of carbonyl (C=O) groups is 2. The summed E-state index contributed by atoms with van der Waals surface area (Å²) >= 11 is 0. The fraction of sp³-hybridized carbons (Fsp3) is 0.111. The molecule has 0 fully saturated rings. The van der Waals surface area contributed by atoms with Gasteiger partial charge in [-0.05, 0) is 36.4 Å². The van der Waals surface area contributed by atoms with Gasteiger partial charge >= 0.3 is 5.97 Å². The van der Waals surface area contributed by atoms with Gasteiger partial charge in [0.2, 0.25) is 5.76 Å². The van der Waals surface area contributed by atoms with Gasteiger partial charge in [-0.1, -0.05) is 0 Å². The van der Waals surface area contributed by atoms with Crippen molar-refractivity contribution in [3.05, 3.63) is 76.4 Å². The van der Waals surface area contributed by atoms with E-state index in [-0.39, 0.29) is 18.0 Å². The molecule has 0 saturated carbocycles. The van der Waals surface area contributed by atoms with Crippen LogP contribution in [0.15, 0.2) is 63.6 Å². The van der Waals surface area contributed by atoms with Crippen molar-refractivity contribution in [1.29, 1.82) is 0 Å². The molecule has 9 heteroatoms. The molecule has 0 aliphatic heterocycles. The molecule has 0 atom stereocenters. The Morgan fingerprint density at radius 2 is 1.89 bits per heavy atom. The summed E-state index contributed by atoms with van der Waals surface area (Å²) in [6.45, 7) is -0.276. The minimum Gasteiger partial charge on any atom is -0.467 e. The quantitative estimate of drug-likeness (QED) is 0.385. The van der Waals surface area contributed by atoms with Gasteiger partial charge in [-0.2, -0.15) is 0 Å². The van der Waals surface area contributed by atoms with Crippen LogP contribution in [0.2, 0.25) is 0 Å². The van der Waals surface area contributed by atoms with E-state index in [4.69, 9.17) is 13.6 Å². The second-order valence-electron chi connectivity index (χ2n) is 5.40. The van der Waals surface area contributed by atoms with E-state index < -0.39 is 23.4 Å². The van der Waals surface area contributed by atoms with Gasteiger partial charge in [-0.15, -0.1) is 0 Å². The van der Waals surface area contributed by atoms with Crippen LogP contribution in [0.5, 0.6) is 0 Å². The average Bonchev–Trinajstić information content (AvgIpc) is 3.36. The van der Waals surface area contributed by atoms with Crippen LogP contribution in [0.3, 0.4) is 0 Å². The molecule has 0 radical (unpaired) electrons. The average molecular weight is 370 g/mol. The predicted molar refractivity (Wildman–Crippen MR) is 91.6 cm³/mol. The smallest absolute Gasteiger partial charge is 0.374 e. The summed E-state index contributed by atoms with van der Waals surface area (Å²) in [4.78, 5) is 33.8. The summed E-state index contributed by atoms with van der Waals surface area (Å²) in [6.07, 6.45) is 1.49. The number of rotatable bonds is 7. The summed E-state index contributed by atoms with van der Waals surface area (Å²) in [6, 6.07) is 12.0. The maximum atomic E-state index is 12.0. The molecule has 2 heterocycles. The van der Waals surface area contributed by atoms with Crippen LogP contribution in [0.4, 0.5) is 5.69 Å². The molecule has 1 aromatic carbocycles. The fourth-order valence-corrected chi connectivity index (χ4v) is 2.20. The highest BCUT2D eigenvalue weighted by Gasteiger charge is 2.16. The molecular formula is C18H14N2O7. The highest BCUT2D eigenvalue weighted by Crippen LogP contribution is 2.24. The van der Waals surface area contributed by atoms with Crippen molar-refractivity contribution in [3.63, 3.8) is 0 Å². The monoisotopic (exact) mass is 370 g/mol. The van der Waals surface area contributed by atoms with Crippen LogP contribution in [0, 0.1) is 10.1 Å². The van der Waals surface area contributed by atoms with Crippen molar-refractivity contribution in [2.45, 2.75) is 6.54 Å². The Balaban J connectivity index is 1.53. The number of nitro benzene ring substituents is 1. The third kappa shape index (κ3) is 4.60. The first-order valence-electron chi connectivity index (χ1n) is 7.84. The molecule has 0 aliphatic carbocycles. The minimum absolute atomic E-state index is 0.0505. The van der Waals surface area contributed by atoms with E-state index in [2.05, 4.69) is 5.32 Å². The Hall–Kier alpha value is -3.88. The van der Waals surface area contributed by atoms with Crippen molar-refractivity contribution in [2.75, 3.05) is 6.61 Å². The predicted octanol–water partition coefficient (Wildman–Crippen LogP) is 2.92. The topological polar surface area (TPSA) is 125 Å². The van der Waals surface area contributed by atoms with Crippen molar-refractivity contribution >= 4 is 17.6 Å². The Labute approximate surface area is 152 Å². The Morgan fingerprint density at radius 1 is 1.11 bits per heavy atom. The Morgan fingerprint density at radius 3 is 2.56 bits per heavy atom. The van der Waals surface area contributed by atoms with Gasteiger partial charge in [0.05, 0.1) is 17.7 Å². The number of nitrogens with one attached hydrogen (secondary N) is 1. The molecule has 1 N–H and O–H groups in total. The summed E-state index contributed by atoms with van der Waals surface area (Å²) in [5, 5.41) is 13.2. The number of benzene rings is 1. The van der Waals surface area contributed by atoms with Gasteiger partial charge in [0.15, 0.2) is 6.61 Å². The number of esters is 1. The van der Waals surface area contributed by atoms with Crippen LogP contribution >= 0.6 is 0 Å². The van der Waals surface area contributed by atoms with Crippen molar-refractivity contribution < 1.29 is 28.1 Å². The lowest BCUT2D eigenvalue weighted by Crippen LogP contribution is -2.28. The molecule has 2 aromatic heterocycles. The highest BCUT2D eigenvalue weighted by molar-refractivity contribution is 5.89. The largest absolute Gasteiger partial charge is 0.467 e. The molecule has 3 aromatic rings. The first-order valence-corrected chi connectivity index (χ1v) is 7.84. The van der Waals surface area contributed by atoms with E-state index in [1.54, 1.807) is 12.1 Å². The van der Waals surface area contributed by atoms with Crippen molar-refractivity contribution in [3.8, 4) is 11.3 Å². The molecule has 3 rings (SSSR count). The molecule has 0 unspecified atom stereocenters. The van der Waals surface area contributed by atoms with Gasteiger partial charge in [-0.3, -0.25) is 14.9 Å². The summed E-state index contributed by atoms with van der Waals surface area (Å²) < 4.78 is 15.4. The molecule has 1 amide bonds. The normalized spacial score (nSPS) is 10.4. The Bertz CT molecular complexity index is 943. The standard InChI is InChI=1S/C18H14N2O7/c21-17(19-10-14-2-1-9-25-14)11-26-18(22)16-8-7-15(27-16)12-3-5-13(6-4-12)20(23)24/h1-9H,10-11H2,(H,19,21). The molecule has 0 bridgehead atoms. The fourth-order valence-electron chi connectivity index (χ4n) is 2.20. The number of furan rings is 2. The summed E-state index contributed by atoms with van der Waals surface area (Å²) in [7, 11) is 0. The summed E-state index contributed by atoms with van der Waals surface area (Å²) in [5.74, 6) is -0.437. The zero-order valence-electron chi connectivity index (χ0n) is 13.9. The highest BCUT2D eigenvalue weighted by atomic mass is 16.6. The van der Waals surface area contributed by atoms with Gasteiger partial charge < -0.3 is 18.9 Å². The van der Waals surface area contributed by atoms with Crippen LogP contribution in [0.25, 0.3) is 11.3 Å². The van der Waals surface area contributed by atoms with Gasteiger partial charge in [-0.25, -0.2) is 4.79 Å². The number of amides is 1. The number of hydrogen-bond donors (Lipinski definition) is 1. The first kappa shape index (κ1) is 17.9. The minimum atomic E-state index is -0.795. The summed E-state index contributed by atoms with van der Waals surface area (Å²) in [5.41, 5.74) is 0.515. The number of nitro groups is 1. The number of nitrogens with zero attached hydrogens (tertiary/aromatic N) is 1. The number of carbonyl (C=O) groups excluding carboxylic acids is 2. The third-order valence-electron chi connectivity index (χ3n) is 3.54. The maximum absolute atomic E-state index is 12.0. The number of hydrogen-bond acceptors (Lipinski definition) is 7. The van der Waals surface area contributed by atoms with Gasteiger partial charge in [0.1, 0.15) is 11.5 Å². The molecule has 27 heavy (non-hydrogen) atoms. The molecular weight excluding hydrogens is 356 g/mol. The van der Waals surface area contributed by atoms with E-state index >= 15 is 0 Å². The first-order chi connectivity index (χ1) is 13.0. The lowest BCUT2D eigenvalue weighted by atomic mass is 10.1. The zero-order chi connectivity index (χ0) is 19.2. The van der Waals surface area contributed by atoms with E-state index in [0.717, 1.165) is 0 Å². The second kappa shape index (κ2) is 8.00. The third-order valence-corrected chi connectivity index (χ3v) is 3.54. The molecule has 0 spiro atoms. The maximum Gasteiger partial charge on any atom is 0.374 e. The lowest BCUT2D eigenvalue weighted by molar-refractivity contribution is -0.384. The zero-order valence-corrected chi connectivity index (χ0v) is 13.9. The number of non-ortho nitro benzene ring substituents is 1. The van der Waals surface area contributed by atoms with E-state index in [1.165, 1.54) is 42.7 Å². The van der Waals surface area contributed by atoms with Crippen LogP contribution in [-0.2, 0) is 16.1 Å². The van der Waals surface area contributed by atoms with Crippen molar-refractivity contribution in [1.82, 2.24) is 5.32 Å². The van der Waals surface area contributed by atoms with Crippen LogP contribution < -0.4 is 5.32 Å². The number of ether oxygens (including phenoxy) is 1. The van der Waals surface area contributed by atoms with Gasteiger partial charge in [0, 0.05) is 17.7 Å². The second-order valence-corrected chi connectivity index (χ2v) is 5.40. The van der Waals surface area contributed by atoms with Gasteiger partial charge in [0.25, 0.3) is 11.6 Å². The lowest BCUT2D eigenvalue weighted by Gasteiger charge is -2.04. The van der Waals surface area contributed by atoms with E-state index in [1.807, 2.05) is 0 Å². The van der Waals surface area contributed by atoms with E-state index in [0.29, 0.717) is 17.1 Å². The van der Waals surface area contributed by atoms with Crippen LogP contribution in [0.1, 0.15) is 16.3 Å². The van der Waals surface area contributed by atoms with Crippen LogP contribution in [-0.4, -0.2) is 23.4 Å². The Kier molecular flexibility index (Phi) is 5.31. The molecule has 0 aliphatic rings. The molecule has 9 nitrogen and oxygen atoms in total. The molecule has 0 saturated heterocycles. The van der Waals surface area contributed by atoms with E-state index in [9.17, 15) is 19.7 Å². The van der Waals surface area contributed by atoms with Crippen molar-refractivity contribution in [2.24, 2.45) is 0 Å².